The summed E-state index contributed by atoms with van der Waals surface area (Å²) in [5.41, 5.74) is 1.03. The summed E-state index contributed by atoms with van der Waals surface area (Å²) in [7, 11) is 2.07. The van der Waals surface area contributed by atoms with Crippen molar-refractivity contribution in [2.45, 2.75) is 46.3 Å². The van der Waals surface area contributed by atoms with E-state index in [4.69, 9.17) is 16.3 Å². The molecule has 0 bridgehead atoms. The van der Waals surface area contributed by atoms with Crippen molar-refractivity contribution in [2.75, 3.05) is 38.1 Å². The highest BCUT2D eigenvalue weighted by atomic mass is 35.5. The molecule has 0 aliphatic carbocycles. The minimum absolute atomic E-state index is 0.302. The van der Waals surface area contributed by atoms with Crippen molar-refractivity contribution in [3.63, 3.8) is 0 Å². The van der Waals surface area contributed by atoms with E-state index in [9.17, 15) is 0 Å². The molecule has 0 aromatic carbocycles. The molecular weight excluding hydrogens is 300 g/mol. The van der Waals surface area contributed by atoms with Gasteiger partial charge in [0.25, 0.3) is 0 Å². The van der Waals surface area contributed by atoms with E-state index < -0.39 is 0 Å². The van der Waals surface area contributed by atoms with E-state index in [0.717, 1.165) is 49.8 Å². The summed E-state index contributed by atoms with van der Waals surface area (Å²) in [5, 5.41) is 0.575. The fraction of sp³-hybridized carbons (Fsp3) is 0.750. The first-order valence-corrected chi connectivity index (χ1v) is 8.40. The number of anilines is 1. The Balaban J connectivity index is 2.02. The zero-order valence-electron chi connectivity index (χ0n) is 14.3. The van der Waals surface area contributed by atoms with Crippen LogP contribution in [0.1, 0.15) is 32.2 Å². The molecule has 2 heterocycles. The number of likely N-dealkylation sites (N-methyl/N-ethyl adjacent to an activating group) is 1. The van der Waals surface area contributed by atoms with E-state index in [1.165, 1.54) is 0 Å². The molecule has 0 amide bonds. The number of aromatic nitrogens is 2. The Kier molecular flexibility index (Phi) is 6.01. The number of rotatable bonds is 5. The summed E-state index contributed by atoms with van der Waals surface area (Å²) in [6, 6.07) is 0. The van der Waals surface area contributed by atoms with Crippen molar-refractivity contribution < 1.29 is 4.74 Å². The number of morpholine rings is 1. The molecule has 0 spiro atoms. The van der Waals surface area contributed by atoms with E-state index in [1.54, 1.807) is 0 Å². The number of nitrogens with zero attached hydrogens (tertiary/aromatic N) is 4. The van der Waals surface area contributed by atoms with Crippen LogP contribution in [0.25, 0.3) is 0 Å². The van der Waals surface area contributed by atoms with Gasteiger partial charge in [0.15, 0.2) is 0 Å². The van der Waals surface area contributed by atoms with E-state index in [1.807, 2.05) is 6.92 Å². The van der Waals surface area contributed by atoms with Crippen LogP contribution in [-0.4, -0.2) is 60.3 Å². The number of aryl methyl sites for hydroxylation is 1. The van der Waals surface area contributed by atoms with Crippen LogP contribution in [0.5, 0.6) is 0 Å². The van der Waals surface area contributed by atoms with Gasteiger partial charge in [-0.3, -0.25) is 4.90 Å². The second-order valence-electron chi connectivity index (χ2n) is 6.16. The van der Waals surface area contributed by atoms with Crippen molar-refractivity contribution in [1.82, 2.24) is 14.9 Å². The number of hydrogen-bond acceptors (Lipinski definition) is 5. The molecule has 0 unspecified atom stereocenters. The molecule has 1 saturated heterocycles. The highest BCUT2D eigenvalue weighted by molar-refractivity contribution is 6.30. The highest BCUT2D eigenvalue weighted by Gasteiger charge is 2.22. The first kappa shape index (κ1) is 17.4. The predicted octanol–water partition coefficient (Wildman–Crippen LogP) is 2.55. The monoisotopic (exact) mass is 326 g/mol. The maximum absolute atomic E-state index is 6.26. The first-order chi connectivity index (χ1) is 10.4. The average Bonchev–Trinajstić information content (AvgIpc) is 2.43. The standard InChI is InChI=1S/C16H27ClN4O/c1-6-14-15(17)18-13(4)19-16(14)20(5)7-8-21-9-11(2)22-12(3)10-21/h11-12H,6-10H2,1-5H3/t11-,12+. The van der Waals surface area contributed by atoms with Crippen LogP contribution in [-0.2, 0) is 11.2 Å². The van der Waals surface area contributed by atoms with Gasteiger partial charge in [-0.15, -0.1) is 0 Å². The van der Waals surface area contributed by atoms with Gasteiger partial charge in [0.1, 0.15) is 16.8 Å². The normalized spacial score (nSPS) is 22.8. The zero-order chi connectivity index (χ0) is 16.3. The van der Waals surface area contributed by atoms with Crippen molar-refractivity contribution in [3.05, 3.63) is 16.5 Å². The first-order valence-electron chi connectivity index (χ1n) is 8.02. The Morgan fingerprint density at radius 2 is 1.91 bits per heavy atom. The number of ether oxygens (including phenoxy) is 1. The van der Waals surface area contributed by atoms with Gasteiger partial charge in [0.2, 0.25) is 0 Å². The lowest BCUT2D eigenvalue weighted by Crippen LogP contribution is -2.47. The van der Waals surface area contributed by atoms with Crippen molar-refractivity contribution in [2.24, 2.45) is 0 Å². The number of hydrogen-bond donors (Lipinski definition) is 0. The molecule has 1 aromatic rings. The summed E-state index contributed by atoms with van der Waals surface area (Å²) >= 11 is 6.26. The third-order valence-electron chi connectivity index (χ3n) is 4.01. The van der Waals surface area contributed by atoms with Gasteiger partial charge in [-0.05, 0) is 27.2 Å². The minimum Gasteiger partial charge on any atom is -0.373 e. The molecule has 1 aromatic heterocycles. The van der Waals surface area contributed by atoms with Gasteiger partial charge in [-0.25, -0.2) is 9.97 Å². The molecule has 22 heavy (non-hydrogen) atoms. The molecule has 0 radical (unpaired) electrons. The van der Waals surface area contributed by atoms with Gasteiger partial charge in [-0.2, -0.15) is 0 Å². The Morgan fingerprint density at radius 3 is 2.50 bits per heavy atom. The van der Waals surface area contributed by atoms with E-state index in [2.05, 4.69) is 47.6 Å². The van der Waals surface area contributed by atoms with Gasteiger partial charge < -0.3 is 9.64 Å². The van der Waals surface area contributed by atoms with Gasteiger partial charge in [0, 0.05) is 38.8 Å². The Hall–Kier alpha value is -0.910. The summed E-state index contributed by atoms with van der Waals surface area (Å²) in [5.74, 6) is 1.67. The van der Waals surface area contributed by atoms with Crippen LogP contribution in [0.4, 0.5) is 5.82 Å². The number of halogens is 1. The maximum Gasteiger partial charge on any atom is 0.138 e. The van der Waals surface area contributed by atoms with E-state index in [0.29, 0.717) is 17.4 Å². The second kappa shape index (κ2) is 7.57. The summed E-state index contributed by atoms with van der Waals surface area (Å²) in [6.45, 7) is 12.1. The Morgan fingerprint density at radius 1 is 1.27 bits per heavy atom. The third-order valence-corrected chi connectivity index (χ3v) is 4.32. The van der Waals surface area contributed by atoms with Crippen molar-refractivity contribution in [3.8, 4) is 0 Å². The smallest absolute Gasteiger partial charge is 0.138 e. The molecular formula is C16H27ClN4O. The van der Waals surface area contributed by atoms with Crippen LogP contribution in [0.3, 0.4) is 0 Å². The average molecular weight is 327 g/mol. The SMILES string of the molecule is CCc1c(Cl)nc(C)nc1N(C)CCN1C[C@@H](C)O[C@@H](C)C1. The molecule has 6 heteroatoms. The maximum atomic E-state index is 6.26. The molecule has 0 saturated carbocycles. The van der Waals surface area contributed by atoms with Crippen LogP contribution in [0.2, 0.25) is 5.15 Å². The molecule has 1 aliphatic heterocycles. The molecule has 1 aliphatic rings. The second-order valence-corrected chi connectivity index (χ2v) is 6.51. The van der Waals surface area contributed by atoms with Crippen LogP contribution in [0.15, 0.2) is 0 Å². The fourth-order valence-electron chi connectivity index (χ4n) is 3.03. The Labute approximate surface area is 138 Å². The molecule has 2 rings (SSSR count). The lowest BCUT2D eigenvalue weighted by Gasteiger charge is -2.36. The highest BCUT2D eigenvalue weighted by Crippen LogP contribution is 2.24. The van der Waals surface area contributed by atoms with Gasteiger partial charge in [0.05, 0.1) is 12.2 Å². The summed E-state index contributed by atoms with van der Waals surface area (Å²) in [4.78, 5) is 13.5. The quantitative estimate of drug-likeness (QED) is 0.778. The van der Waals surface area contributed by atoms with Crippen LogP contribution < -0.4 is 4.90 Å². The van der Waals surface area contributed by atoms with Crippen LogP contribution >= 0.6 is 11.6 Å². The lowest BCUT2D eigenvalue weighted by atomic mass is 10.2. The molecule has 1 fully saturated rings. The summed E-state index contributed by atoms with van der Waals surface area (Å²) < 4.78 is 5.78. The lowest BCUT2D eigenvalue weighted by molar-refractivity contribution is -0.0670. The molecule has 2 atom stereocenters. The summed E-state index contributed by atoms with van der Waals surface area (Å²) in [6.07, 6.45) is 1.44. The van der Waals surface area contributed by atoms with Gasteiger partial charge in [-0.1, -0.05) is 18.5 Å². The predicted molar refractivity (Wildman–Crippen MR) is 90.9 cm³/mol. The largest absolute Gasteiger partial charge is 0.373 e. The Bertz CT molecular complexity index is 501. The topological polar surface area (TPSA) is 41.5 Å². The molecule has 0 N–H and O–H groups in total. The minimum atomic E-state index is 0.302. The van der Waals surface area contributed by atoms with Crippen LogP contribution in [0, 0.1) is 6.92 Å². The van der Waals surface area contributed by atoms with E-state index >= 15 is 0 Å². The fourth-order valence-corrected chi connectivity index (χ4v) is 3.37. The zero-order valence-corrected chi connectivity index (χ0v) is 15.0. The van der Waals surface area contributed by atoms with Gasteiger partial charge >= 0.3 is 0 Å². The van der Waals surface area contributed by atoms with Crippen molar-refractivity contribution in [1.29, 1.82) is 0 Å². The third kappa shape index (κ3) is 4.31. The van der Waals surface area contributed by atoms with Crippen molar-refractivity contribution >= 4 is 17.4 Å². The molecule has 124 valence electrons. The molecule has 5 nitrogen and oxygen atoms in total. The van der Waals surface area contributed by atoms with E-state index in [-0.39, 0.29) is 0 Å².